The molecule has 0 radical (unpaired) electrons. The number of carbonyl (C=O) groups excluding carboxylic acids is 1. The zero-order valence-electron chi connectivity index (χ0n) is 11.2. The van der Waals surface area contributed by atoms with Gasteiger partial charge in [0.15, 0.2) is 0 Å². The van der Waals surface area contributed by atoms with E-state index in [9.17, 15) is 14.3 Å². The van der Waals surface area contributed by atoms with Crippen LogP contribution >= 0.6 is 7.82 Å². The lowest BCUT2D eigenvalue weighted by Crippen LogP contribution is -2.35. The summed E-state index contributed by atoms with van der Waals surface area (Å²) in [7, 11) is 0.300. The van der Waals surface area contributed by atoms with E-state index >= 15 is 0 Å². The van der Waals surface area contributed by atoms with Gasteiger partial charge in [0, 0.05) is 12.0 Å². The molecule has 1 unspecified atom stereocenters. The highest BCUT2D eigenvalue weighted by Crippen LogP contribution is 2.40. The standard InChI is InChI=1S/C10H20NO6P/c1-9(2)10(12)15-7-6-8-16-18(13,14)17-11(3,4)5/h1,6-8H2,2-5H3. The zero-order chi connectivity index (χ0) is 14.4. The SMILES string of the molecule is C=C(C)C(=O)OCCCOP(=O)([O-])O[N+](C)(C)C. The average molecular weight is 281 g/mol. The molecule has 0 aliphatic carbocycles. The van der Waals surface area contributed by atoms with E-state index in [-0.39, 0.29) is 24.3 Å². The van der Waals surface area contributed by atoms with Crippen LogP contribution in [-0.2, 0) is 23.2 Å². The molecule has 0 N–H and O–H groups in total. The molecule has 8 heteroatoms. The Morgan fingerprint density at radius 1 is 1.33 bits per heavy atom. The summed E-state index contributed by atoms with van der Waals surface area (Å²) < 4.78 is 25.1. The number of hydroxylamine groups is 3. The number of phosphoric ester groups is 1. The summed E-state index contributed by atoms with van der Waals surface area (Å²) in [5.41, 5.74) is 0.291. The van der Waals surface area contributed by atoms with Gasteiger partial charge in [0.1, 0.15) is 0 Å². The molecule has 0 aromatic carbocycles. The van der Waals surface area contributed by atoms with Crippen molar-refractivity contribution in [2.45, 2.75) is 13.3 Å². The average Bonchev–Trinajstić information content (AvgIpc) is 2.12. The maximum atomic E-state index is 11.3. The molecule has 0 aromatic heterocycles. The maximum absolute atomic E-state index is 11.3. The number of phosphoric acid groups is 1. The molecular weight excluding hydrogens is 261 g/mol. The van der Waals surface area contributed by atoms with Crippen LogP contribution in [0.15, 0.2) is 12.2 Å². The van der Waals surface area contributed by atoms with E-state index in [1.807, 2.05) is 0 Å². The van der Waals surface area contributed by atoms with Crippen molar-refractivity contribution in [3.63, 3.8) is 0 Å². The van der Waals surface area contributed by atoms with Gasteiger partial charge in [-0.25, -0.2) is 4.79 Å². The molecule has 0 saturated carbocycles. The lowest BCUT2D eigenvalue weighted by molar-refractivity contribution is -1.04. The van der Waals surface area contributed by atoms with Gasteiger partial charge in [-0.15, -0.1) is 4.62 Å². The number of esters is 1. The Morgan fingerprint density at radius 2 is 1.89 bits per heavy atom. The smallest absolute Gasteiger partial charge is 0.333 e. The zero-order valence-corrected chi connectivity index (χ0v) is 12.1. The van der Waals surface area contributed by atoms with Crippen LogP contribution in [0.1, 0.15) is 13.3 Å². The highest BCUT2D eigenvalue weighted by molar-refractivity contribution is 7.45. The van der Waals surface area contributed by atoms with Crippen molar-refractivity contribution in [1.82, 2.24) is 0 Å². The first-order chi connectivity index (χ1) is 8.03. The summed E-state index contributed by atoms with van der Waals surface area (Å²) in [6, 6.07) is 0. The van der Waals surface area contributed by atoms with E-state index in [4.69, 9.17) is 4.74 Å². The Balaban J connectivity index is 3.82. The molecule has 106 valence electrons. The van der Waals surface area contributed by atoms with Gasteiger partial charge in [0.05, 0.1) is 34.4 Å². The van der Waals surface area contributed by atoms with E-state index in [1.54, 1.807) is 21.1 Å². The van der Waals surface area contributed by atoms with Gasteiger partial charge in [0.2, 0.25) is 0 Å². The first-order valence-corrected chi connectivity index (χ1v) is 6.80. The Labute approximate surface area is 107 Å². The van der Waals surface area contributed by atoms with E-state index in [0.717, 1.165) is 0 Å². The van der Waals surface area contributed by atoms with Crippen molar-refractivity contribution in [1.29, 1.82) is 0 Å². The molecule has 0 aromatic rings. The third kappa shape index (κ3) is 9.32. The minimum atomic E-state index is -4.33. The number of quaternary nitrogens is 1. The highest BCUT2D eigenvalue weighted by Gasteiger charge is 2.20. The van der Waals surface area contributed by atoms with Gasteiger partial charge in [-0.2, -0.15) is 4.65 Å². The molecule has 7 nitrogen and oxygen atoms in total. The molecule has 0 aliphatic rings. The van der Waals surface area contributed by atoms with Crippen LogP contribution in [0.25, 0.3) is 0 Å². The van der Waals surface area contributed by atoms with Crippen molar-refractivity contribution in [3.8, 4) is 0 Å². The second-order valence-corrected chi connectivity index (χ2v) is 5.84. The summed E-state index contributed by atoms with van der Waals surface area (Å²) >= 11 is 0. The third-order valence-electron chi connectivity index (χ3n) is 1.46. The first kappa shape index (κ1) is 17.3. The fraction of sp³-hybridized carbons (Fsp3) is 0.700. The number of hydrogen-bond acceptors (Lipinski definition) is 6. The van der Waals surface area contributed by atoms with Crippen molar-refractivity contribution < 1.29 is 32.8 Å². The topological polar surface area (TPSA) is 84.9 Å². The lowest BCUT2D eigenvalue weighted by Gasteiger charge is -2.29. The molecule has 0 heterocycles. The number of hydrogen-bond donors (Lipinski definition) is 0. The van der Waals surface area contributed by atoms with Gasteiger partial charge in [-0.3, -0.25) is 4.57 Å². The van der Waals surface area contributed by atoms with Crippen LogP contribution in [0.3, 0.4) is 0 Å². The monoisotopic (exact) mass is 281 g/mol. The Hall–Kier alpha value is -0.720. The normalized spacial score (nSPS) is 14.9. The third-order valence-corrected chi connectivity index (χ3v) is 2.65. The van der Waals surface area contributed by atoms with Crippen LogP contribution in [0.4, 0.5) is 0 Å². The van der Waals surface area contributed by atoms with Crippen molar-refractivity contribution in [3.05, 3.63) is 12.2 Å². The van der Waals surface area contributed by atoms with Crippen molar-refractivity contribution >= 4 is 13.8 Å². The second kappa shape index (κ2) is 7.01. The number of carbonyl (C=O) groups is 1. The molecule has 0 aliphatic heterocycles. The number of ether oxygens (including phenoxy) is 1. The maximum Gasteiger partial charge on any atom is 0.333 e. The molecule has 0 amide bonds. The van der Waals surface area contributed by atoms with E-state index in [0.29, 0.717) is 5.57 Å². The fourth-order valence-corrected chi connectivity index (χ4v) is 1.85. The van der Waals surface area contributed by atoms with Crippen LogP contribution in [0.2, 0.25) is 0 Å². The lowest BCUT2D eigenvalue weighted by atomic mass is 10.4. The fourth-order valence-electron chi connectivity index (χ4n) is 0.847. The van der Waals surface area contributed by atoms with Crippen LogP contribution in [-0.4, -0.2) is 45.0 Å². The van der Waals surface area contributed by atoms with Gasteiger partial charge in [0.25, 0.3) is 0 Å². The predicted octanol–water partition coefficient (Wildman–Crippen LogP) is 0.619. The second-order valence-electron chi connectivity index (χ2n) is 4.52. The molecule has 0 rings (SSSR count). The van der Waals surface area contributed by atoms with Crippen LogP contribution in [0.5, 0.6) is 0 Å². The molecule has 0 saturated heterocycles. The highest BCUT2D eigenvalue weighted by atomic mass is 31.2. The van der Waals surface area contributed by atoms with Gasteiger partial charge >= 0.3 is 13.8 Å². The Bertz CT molecular complexity index is 349. The summed E-state index contributed by atoms with van der Waals surface area (Å²) in [5, 5.41) is 0. The Kier molecular flexibility index (Phi) is 6.73. The van der Waals surface area contributed by atoms with Gasteiger partial charge in [-0.05, 0) is 6.92 Å². The Morgan fingerprint density at radius 3 is 2.33 bits per heavy atom. The summed E-state index contributed by atoms with van der Waals surface area (Å²) in [6.07, 6.45) is 0.256. The van der Waals surface area contributed by atoms with Crippen LogP contribution < -0.4 is 4.89 Å². The molecular formula is C10H20NO6P. The van der Waals surface area contributed by atoms with Crippen molar-refractivity contribution in [2.24, 2.45) is 0 Å². The van der Waals surface area contributed by atoms with Gasteiger partial charge in [-0.1, -0.05) is 6.58 Å². The molecule has 1 atom stereocenters. The minimum Gasteiger partial charge on any atom is -0.752 e. The summed E-state index contributed by atoms with van der Waals surface area (Å²) in [4.78, 5) is 22.3. The molecule has 0 spiro atoms. The molecule has 0 fully saturated rings. The van der Waals surface area contributed by atoms with Crippen LogP contribution in [0, 0.1) is 0 Å². The number of rotatable bonds is 8. The first-order valence-electron chi connectivity index (χ1n) is 5.34. The largest absolute Gasteiger partial charge is 0.752 e. The van der Waals surface area contributed by atoms with E-state index in [1.165, 1.54) is 6.92 Å². The predicted molar refractivity (Wildman–Crippen MR) is 63.1 cm³/mol. The van der Waals surface area contributed by atoms with E-state index in [2.05, 4.69) is 15.7 Å². The summed E-state index contributed by atoms with van der Waals surface area (Å²) in [6.45, 7) is 4.90. The summed E-state index contributed by atoms with van der Waals surface area (Å²) in [5.74, 6) is -0.511. The van der Waals surface area contributed by atoms with Crippen molar-refractivity contribution in [2.75, 3.05) is 34.4 Å². The molecule has 18 heavy (non-hydrogen) atoms. The molecule has 0 bridgehead atoms. The minimum absolute atomic E-state index is 0.0655. The quantitative estimate of drug-likeness (QED) is 0.162. The van der Waals surface area contributed by atoms with E-state index < -0.39 is 13.8 Å². The number of nitrogens with zero attached hydrogens (tertiary/aromatic N) is 1. The van der Waals surface area contributed by atoms with Gasteiger partial charge < -0.3 is 14.2 Å².